The summed E-state index contributed by atoms with van der Waals surface area (Å²) < 4.78 is 5.08. The molecular formula is C17H16O3S. The number of hydrogen-bond acceptors (Lipinski definition) is 4. The number of methoxy groups -OCH3 is 1. The Morgan fingerprint density at radius 1 is 1.19 bits per heavy atom. The maximum absolute atomic E-state index is 12.5. The molecule has 0 saturated carbocycles. The second-order valence-corrected chi connectivity index (χ2v) is 6.42. The van der Waals surface area contributed by atoms with Crippen molar-refractivity contribution < 1.29 is 14.3 Å². The highest BCUT2D eigenvalue weighted by Gasteiger charge is 2.44. The van der Waals surface area contributed by atoms with Gasteiger partial charge < -0.3 is 4.74 Å². The van der Waals surface area contributed by atoms with Crippen LogP contribution < -0.4 is 0 Å². The number of thioether (sulfide) groups is 1. The summed E-state index contributed by atoms with van der Waals surface area (Å²) in [5.74, 6) is -0.440. The molecule has 0 spiro atoms. The maximum atomic E-state index is 12.5. The molecule has 0 aromatic heterocycles. The van der Waals surface area contributed by atoms with E-state index < -0.39 is 0 Å². The molecule has 1 aromatic carbocycles. The van der Waals surface area contributed by atoms with E-state index in [1.807, 2.05) is 42.5 Å². The van der Waals surface area contributed by atoms with Crippen LogP contribution in [0, 0.1) is 11.8 Å². The van der Waals surface area contributed by atoms with Crippen molar-refractivity contribution in [3.8, 4) is 0 Å². The molecule has 3 atom stereocenters. The van der Waals surface area contributed by atoms with E-state index in [4.69, 9.17) is 4.74 Å². The molecule has 1 aromatic rings. The average Bonchev–Trinajstić information content (AvgIpc) is 2.52. The van der Waals surface area contributed by atoms with Gasteiger partial charge in [0.2, 0.25) is 5.78 Å². The van der Waals surface area contributed by atoms with Crippen LogP contribution in [-0.4, -0.2) is 23.9 Å². The van der Waals surface area contributed by atoms with Gasteiger partial charge in [-0.1, -0.05) is 30.4 Å². The van der Waals surface area contributed by atoms with Gasteiger partial charge in [0, 0.05) is 22.1 Å². The summed E-state index contributed by atoms with van der Waals surface area (Å²) in [7, 11) is 1.44. The summed E-state index contributed by atoms with van der Waals surface area (Å²) in [6, 6.07) is 9.95. The van der Waals surface area contributed by atoms with E-state index >= 15 is 0 Å². The summed E-state index contributed by atoms with van der Waals surface area (Å²) in [5, 5.41) is -0.0264. The van der Waals surface area contributed by atoms with Gasteiger partial charge in [-0.2, -0.15) is 0 Å². The molecule has 0 heterocycles. The fourth-order valence-electron chi connectivity index (χ4n) is 2.88. The quantitative estimate of drug-likeness (QED) is 0.805. The Balaban J connectivity index is 1.90. The lowest BCUT2D eigenvalue weighted by atomic mass is 9.74. The van der Waals surface area contributed by atoms with E-state index in [0.29, 0.717) is 6.42 Å². The highest BCUT2D eigenvalue weighted by atomic mass is 32.2. The number of hydrogen-bond donors (Lipinski definition) is 0. The van der Waals surface area contributed by atoms with Crippen LogP contribution in [0.3, 0.4) is 0 Å². The first-order valence-corrected chi connectivity index (χ1v) is 7.81. The summed E-state index contributed by atoms with van der Waals surface area (Å²) in [6.45, 7) is 0. The summed E-state index contributed by atoms with van der Waals surface area (Å²) in [5.41, 5.74) is 0. The van der Waals surface area contributed by atoms with E-state index in [1.54, 1.807) is 11.8 Å². The Bertz CT molecular complexity index is 618. The third-order valence-electron chi connectivity index (χ3n) is 3.92. The number of carbonyl (C=O) groups excluding carboxylic acids is 2. The highest BCUT2D eigenvalue weighted by Crippen LogP contribution is 2.41. The molecule has 0 N–H and O–H groups in total. The van der Waals surface area contributed by atoms with Crippen molar-refractivity contribution in [3.63, 3.8) is 0 Å². The van der Waals surface area contributed by atoms with Crippen LogP contribution in [-0.2, 0) is 14.3 Å². The summed E-state index contributed by atoms with van der Waals surface area (Å²) >= 11 is 1.63. The monoisotopic (exact) mass is 300 g/mol. The summed E-state index contributed by atoms with van der Waals surface area (Å²) in [6.07, 6.45) is 6.04. The predicted molar refractivity (Wildman–Crippen MR) is 81.9 cm³/mol. The Morgan fingerprint density at radius 3 is 2.67 bits per heavy atom. The number of ketones is 2. The van der Waals surface area contributed by atoms with Gasteiger partial charge in [0.25, 0.3) is 0 Å². The first kappa shape index (κ1) is 14.1. The van der Waals surface area contributed by atoms with Crippen LogP contribution >= 0.6 is 11.8 Å². The van der Waals surface area contributed by atoms with Crippen LogP contribution in [0.25, 0.3) is 0 Å². The van der Waals surface area contributed by atoms with Gasteiger partial charge in [0.05, 0.1) is 13.0 Å². The van der Waals surface area contributed by atoms with Gasteiger partial charge >= 0.3 is 0 Å². The average molecular weight is 300 g/mol. The normalized spacial score (nSPS) is 28.0. The largest absolute Gasteiger partial charge is 0.493 e. The van der Waals surface area contributed by atoms with Crippen molar-refractivity contribution in [2.45, 2.75) is 16.6 Å². The molecule has 0 aliphatic heterocycles. The standard InChI is InChI=1S/C17H16O3S/c1-20-14-10-13(18)12-8-5-9-15(16(12)17(14)19)21-11-6-3-2-4-7-11/h2-7,9-10,12,15-16H,8H2,1H3/t12-,15?,16+/m1/s1. The Kier molecular flexibility index (Phi) is 3.97. The number of fused-ring (bicyclic) bond motifs is 1. The minimum absolute atomic E-state index is 0.000498. The van der Waals surface area contributed by atoms with Crippen molar-refractivity contribution >= 4 is 23.3 Å². The first-order chi connectivity index (χ1) is 10.2. The lowest BCUT2D eigenvalue weighted by Gasteiger charge is -2.34. The van der Waals surface area contributed by atoms with Crippen LogP contribution in [0.1, 0.15) is 6.42 Å². The molecule has 0 radical (unpaired) electrons. The molecule has 21 heavy (non-hydrogen) atoms. The van der Waals surface area contributed by atoms with Crippen molar-refractivity contribution in [3.05, 3.63) is 54.3 Å². The van der Waals surface area contributed by atoms with Gasteiger partial charge in [-0.05, 0) is 18.6 Å². The van der Waals surface area contributed by atoms with Gasteiger partial charge in [-0.3, -0.25) is 9.59 Å². The van der Waals surface area contributed by atoms with Crippen LogP contribution in [0.2, 0.25) is 0 Å². The van der Waals surface area contributed by atoms with Gasteiger partial charge in [-0.25, -0.2) is 0 Å². The SMILES string of the molecule is COC1=CC(=O)[C@H]2CC=CC(Sc3ccccc3)[C@H]2C1=O. The number of ether oxygens (including phenoxy) is 1. The Hall–Kier alpha value is -1.81. The van der Waals surface area contributed by atoms with Crippen molar-refractivity contribution in [1.29, 1.82) is 0 Å². The fraction of sp³-hybridized carbons (Fsp3) is 0.294. The molecule has 1 unspecified atom stereocenters. The molecular weight excluding hydrogens is 284 g/mol. The molecule has 2 aliphatic rings. The predicted octanol–water partition coefficient (Wildman–Crippen LogP) is 3.02. The Labute approximate surface area is 128 Å². The molecule has 108 valence electrons. The van der Waals surface area contributed by atoms with Gasteiger partial charge in [0.15, 0.2) is 11.5 Å². The van der Waals surface area contributed by atoms with Crippen molar-refractivity contribution in [2.24, 2.45) is 11.8 Å². The van der Waals surface area contributed by atoms with E-state index in [2.05, 4.69) is 0 Å². The molecule has 3 nitrogen and oxygen atoms in total. The van der Waals surface area contributed by atoms with E-state index in [9.17, 15) is 9.59 Å². The highest BCUT2D eigenvalue weighted by molar-refractivity contribution is 8.00. The summed E-state index contributed by atoms with van der Waals surface area (Å²) in [4.78, 5) is 25.8. The van der Waals surface area contributed by atoms with E-state index in [1.165, 1.54) is 13.2 Å². The maximum Gasteiger partial charge on any atom is 0.202 e. The number of benzene rings is 1. The zero-order chi connectivity index (χ0) is 14.8. The molecule has 0 amide bonds. The Morgan fingerprint density at radius 2 is 1.95 bits per heavy atom. The third-order valence-corrected chi connectivity index (χ3v) is 5.19. The number of allylic oxidation sites excluding steroid dienone is 3. The number of Topliss-reactive ketones (excluding diaryl/α,β-unsaturated/α-hetero) is 1. The number of carbonyl (C=O) groups is 2. The van der Waals surface area contributed by atoms with Crippen LogP contribution in [0.4, 0.5) is 0 Å². The molecule has 2 aliphatic carbocycles. The van der Waals surface area contributed by atoms with Gasteiger partial charge in [-0.15, -0.1) is 11.8 Å². The molecule has 0 fully saturated rings. The fourth-order valence-corrected chi connectivity index (χ4v) is 4.16. The van der Waals surface area contributed by atoms with E-state index in [-0.39, 0.29) is 34.4 Å². The lowest BCUT2D eigenvalue weighted by molar-refractivity contribution is -0.132. The topological polar surface area (TPSA) is 43.4 Å². The molecule has 0 bridgehead atoms. The second-order valence-electron chi connectivity index (χ2n) is 5.17. The van der Waals surface area contributed by atoms with Crippen molar-refractivity contribution in [2.75, 3.05) is 7.11 Å². The minimum atomic E-state index is -0.326. The molecule has 3 rings (SSSR count). The van der Waals surface area contributed by atoms with Crippen LogP contribution in [0.5, 0.6) is 0 Å². The minimum Gasteiger partial charge on any atom is -0.493 e. The number of rotatable bonds is 3. The van der Waals surface area contributed by atoms with E-state index in [0.717, 1.165) is 4.90 Å². The molecule has 4 heteroatoms. The first-order valence-electron chi connectivity index (χ1n) is 6.93. The zero-order valence-electron chi connectivity index (χ0n) is 11.7. The second kappa shape index (κ2) is 5.90. The molecule has 0 saturated heterocycles. The smallest absolute Gasteiger partial charge is 0.202 e. The van der Waals surface area contributed by atoms with Crippen LogP contribution in [0.15, 0.2) is 59.2 Å². The van der Waals surface area contributed by atoms with Gasteiger partial charge in [0.1, 0.15) is 0 Å². The zero-order valence-corrected chi connectivity index (χ0v) is 12.5. The lowest BCUT2D eigenvalue weighted by Crippen LogP contribution is -2.42. The third kappa shape index (κ3) is 2.68. The van der Waals surface area contributed by atoms with Crippen molar-refractivity contribution in [1.82, 2.24) is 0 Å².